The van der Waals surface area contributed by atoms with E-state index in [1.807, 2.05) is 6.92 Å². The topological polar surface area (TPSA) is 61.5 Å². The minimum Gasteiger partial charge on any atom is -0.452 e. The molecule has 2 N–H and O–H groups in total. The van der Waals surface area contributed by atoms with Crippen molar-refractivity contribution in [1.82, 2.24) is 0 Å². The average molecular weight is 201 g/mol. The van der Waals surface area contributed by atoms with Crippen LogP contribution in [-0.4, -0.2) is 24.4 Å². The first-order valence-corrected chi connectivity index (χ1v) is 4.57. The van der Waals surface area contributed by atoms with Crippen LogP contribution in [0.25, 0.3) is 0 Å². The number of hydrogen-bond acceptors (Lipinski definition) is 4. The summed E-state index contributed by atoms with van der Waals surface area (Å²) in [4.78, 5) is 11.2. The summed E-state index contributed by atoms with van der Waals surface area (Å²) in [5.41, 5.74) is 5.19. The molecule has 0 amide bonds. The van der Waals surface area contributed by atoms with Crippen molar-refractivity contribution < 1.29 is 14.3 Å². The van der Waals surface area contributed by atoms with Crippen LogP contribution in [0.1, 0.15) is 27.7 Å². The summed E-state index contributed by atoms with van der Waals surface area (Å²) >= 11 is 0. The van der Waals surface area contributed by atoms with Crippen molar-refractivity contribution >= 4 is 5.97 Å². The molecule has 1 atom stereocenters. The van der Waals surface area contributed by atoms with Crippen LogP contribution < -0.4 is 5.73 Å². The molecule has 0 aliphatic rings. The predicted molar refractivity (Wildman–Crippen MR) is 54.6 cm³/mol. The Morgan fingerprint density at radius 3 is 2.43 bits per heavy atom. The van der Waals surface area contributed by atoms with Crippen LogP contribution in [0.5, 0.6) is 0 Å². The highest BCUT2D eigenvalue weighted by Gasteiger charge is 2.31. The number of hydrogen-bond donors (Lipinski definition) is 1. The van der Waals surface area contributed by atoms with Gasteiger partial charge in [-0.2, -0.15) is 0 Å². The molecule has 0 bridgehead atoms. The second-order valence-electron chi connectivity index (χ2n) is 3.65. The van der Waals surface area contributed by atoms with Gasteiger partial charge in [-0.05, 0) is 27.7 Å². The molecule has 82 valence electrons. The van der Waals surface area contributed by atoms with Gasteiger partial charge in [-0.1, -0.05) is 6.58 Å². The molecule has 0 rings (SSSR count). The van der Waals surface area contributed by atoms with Crippen LogP contribution in [0, 0.1) is 0 Å². The lowest BCUT2D eigenvalue weighted by atomic mass is 10.1. The molecule has 0 aromatic carbocycles. The number of carbonyl (C=O) groups is 1. The van der Waals surface area contributed by atoms with Crippen molar-refractivity contribution in [3.05, 3.63) is 12.2 Å². The molecule has 0 aromatic rings. The summed E-state index contributed by atoms with van der Waals surface area (Å²) in [6.45, 7) is 10.8. The van der Waals surface area contributed by atoms with E-state index in [9.17, 15) is 4.79 Å². The highest BCUT2D eigenvalue weighted by Crippen LogP contribution is 2.16. The second-order valence-corrected chi connectivity index (χ2v) is 3.65. The van der Waals surface area contributed by atoms with Crippen LogP contribution in [0.4, 0.5) is 0 Å². The summed E-state index contributed by atoms with van der Waals surface area (Å²) in [6.07, 6.45) is -0.629. The average Bonchev–Trinajstić information content (AvgIpc) is 2.03. The Kier molecular flexibility index (Phi) is 4.80. The first kappa shape index (κ1) is 13.1. The third kappa shape index (κ3) is 3.89. The van der Waals surface area contributed by atoms with Gasteiger partial charge in [0.1, 0.15) is 11.8 Å². The van der Waals surface area contributed by atoms with Crippen LogP contribution in [-0.2, 0) is 14.3 Å². The highest BCUT2D eigenvalue weighted by atomic mass is 16.6. The van der Waals surface area contributed by atoms with Crippen molar-refractivity contribution in [3.63, 3.8) is 0 Å². The molecule has 0 aliphatic carbocycles. The maximum atomic E-state index is 11.2. The predicted octanol–water partition coefficient (Wildman–Crippen LogP) is 1.21. The number of nitrogens with two attached hydrogens (primary N) is 1. The molecule has 0 saturated carbocycles. The van der Waals surface area contributed by atoms with E-state index in [4.69, 9.17) is 15.2 Å². The molecule has 0 saturated heterocycles. The standard InChI is InChI=1S/C10H19NO3/c1-6-13-9(11)10(4,5)14-8(12)7(2)3/h9H,2,6,11H2,1,3-5H3. The van der Waals surface area contributed by atoms with E-state index in [2.05, 4.69) is 6.58 Å². The van der Waals surface area contributed by atoms with Gasteiger partial charge < -0.3 is 15.2 Å². The van der Waals surface area contributed by atoms with E-state index >= 15 is 0 Å². The Bertz CT molecular complexity index is 223. The molecular weight excluding hydrogens is 182 g/mol. The Balaban J connectivity index is 4.32. The number of carbonyl (C=O) groups excluding carboxylic acids is 1. The molecular formula is C10H19NO3. The van der Waals surface area contributed by atoms with Crippen LogP contribution in [0.2, 0.25) is 0 Å². The Morgan fingerprint density at radius 2 is 2.07 bits per heavy atom. The summed E-state index contributed by atoms with van der Waals surface area (Å²) < 4.78 is 10.3. The quantitative estimate of drug-likeness (QED) is 0.412. The maximum Gasteiger partial charge on any atom is 0.333 e. The third-order valence-corrected chi connectivity index (χ3v) is 1.74. The van der Waals surface area contributed by atoms with Gasteiger partial charge in [-0.15, -0.1) is 0 Å². The van der Waals surface area contributed by atoms with E-state index < -0.39 is 17.8 Å². The molecule has 0 radical (unpaired) electrons. The Hall–Kier alpha value is -0.870. The normalized spacial score (nSPS) is 13.5. The Labute approximate surface area is 85.1 Å². The minimum atomic E-state index is -0.841. The van der Waals surface area contributed by atoms with Gasteiger partial charge in [0.2, 0.25) is 0 Å². The van der Waals surface area contributed by atoms with Gasteiger partial charge >= 0.3 is 5.97 Å². The van der Waals surface area contributed by atoms with E-state index in [0.29, 0.717) is 12.2 Å². The van der Waals surface area contributed by atoms with E-state index in [0.717, 1.165) is 0 Å². The molecule has 0 fully saturated rings. The van der Waals surface area contributed by atoms with Gasteiger partial charge in [0.05, 0.1) is 0 Å². The summed E-state index contributed by atoms with van der Waals surface area (Å²) in [6, 6.07) is 0. The SMILES string of the molecule is C=C(C)C(=O)OC(C)(C)C(N)OCC. The molecule has 4 heteroatoms. The van der Waals surface area contributed by atoms with Crippen LogP contribution in [0.3, 0.4) is 0 Å². The summed E-state index contributed by atoms with van der Waals surface area (Å²) in [5, 5.41) is 0. The fourth-order valence-corrected chi connectivity index (χ4v) is 0.764. The highest BCUT2D eigenvalue weighted by molar-refractivity contribution is 5.87. The number of rotatable bonds is 5. The summed E-state index contributed by atoms with van der Waals surface area (Å²) in [5.74, 6) is -0.454. The van der Waals surface area contributed by atoms with E-state index in [-0.39, 0.29) is 0 Å². The lowest BCUT2D eigenvalue weighted by molar-refractivity contribution is -0.167. The zero-order valence-electron chi connectivity index (χ0n) is 9.29. The van der Waals surface area contributed by atoms with Crippen molar-refractivity contribution in [2.75, 3.05) is 6.61 Å². The molecule has 0 spiro atoms. The second kappa shape index (κ2) is 5.12. The Morgan fingerprint density at radius 1 is 1.57 bits per heavy atom. The molecule has 0 aromatic heterocycles. The molecule has 14 heavy (non-hydrogen) atoms. The van der Waals surface area contributed by atoms with Gasteiger partial charge in [0.25, 0.3) is 0 Å². The third-order valence-electron chi connectivity index (χ3n) is 1.74. The molecule has 0 aliphatic heterocycles. The number of esters is 1. The smallest absolute Gasteiger partial charge is 0.333 e. The summed E-state index contributed by atoms with van der Waals surface area (Å²) in [7, 11) is 0. The minimum absolute atomic E-state index is 0.349. The first-order chi connectivity index (χ1) is 6.31. The lowest BCUT2D eigenvalue weighted by Gasteiger charge is -2.30. The maximum absolute atomic E-state index is 11.2. The van der Waals surface area contributed by atoms with Gasteiger partial charge in [0, 0.05) is 12.2 Å². The van der Waals surface area contributed by atoms with E-state index in [1.165, 1.54) is 0 Å². The van der Waals surface area contributed by atoms with Gasteiger partial charge in [-0.25, -0.2) is 4.79 Å². The van der Waals surface area contributed by atoms with Crippen molar-refractivity contribution in [1.29, 1.82) is 0 Å². The first-order valence-electron chi connectivity index (χ1n) is 4.57. The van der Waals surface area contributed by atoms with Crippen molar-refractivity contribution in [2.45, 2.75) is 39.5 Å². The molecule has 0 heterocycles. The monoisotopic (exact) mass is 201 g/mol. The van der Waals surface area contributed by atoms with Crippen molar-refractivity contribution in [2.24, 2.45) is 5.73 Å². The largest absolute Gasteiger partial charge is 0.452 e. The zero-order valence-corrected chi connectivity index (χ0v) is 9.29. The molecule has 1 unspecified atom stereocenters. The fraction of sp³-hybridized carbons (Fsp3) is 0.700. The van der Waals surface area contributed by atoms with Crippen molar-refractivity contribution in [3.8, 4) is 0 Å². The van der Waals surface area contributed by atoms with Gasteiger partial charge in [-0.3, -0.25) is 0 Å². The fourth-order valence-electron chi connectivity index (χ4n) is 0.764. The number of ether oxygens (including phenoxy) is 2. The van der Waals surface area contributed by atoms with Gasteiger partial charge in [0.15, 0.2) is 0 Å². The van der Waals surface area contributed by atoms with Crippen LogP contribution >= 0.6 is 0 Å². The lowest BCUT2D eigenvalue weighted by Crippen LogP contribution is -2.48. The zero-order chi connectivity index (χ0) is 11.4. The van der Waals surface area contributed by atoms with E-state index in [1.54, 1.807) is 20.8 Å². The molecule has 4 nitrogen and oxygen atoms in total. The van der Waals surface area contributed by atoms with Crippen LogP contribution in [0.15, 0.2) is 12.2 Å².